The van der Waals surface area contributed by atoms with Crippen molar-refractivity contribution in [2.75, 3.05) is 18.4 Å². The van der Waals surface area contributed by atoms with Gasteiger partial charge in [0.05, 0.1) is 11.3 Å². The normalized spacial score (nSPS) is 14.1. The van der Waals surface area contributed by atoms with Gasteiger partial charge in [-0.3, -0.25) is 10.1 Å². The largest absolute Gasteiger partial charge is 0.444 e. The highest BCUT2D eigenvalue weighted by Gasteiger charge is 2.28. The molecule has 0 radical (unpaired) electrons. The van der Waals surface area contributed by atoms with E-state index in [9.17, 15) is 9.59 Å². The van der Waals surface area contributed by atoms with Crippen molar-refractivity contribution in [3.63, 3.8) is 0 Å². The fourth-order valence-corrected chi connectivity index (χ4v) is 3.07. The topological polar surface area (TPSA) is 58.6 Å². The Morgan fingerprint density at radius 1 is 1.15 bits per heavy atom. The van der Waals surface area contributed by atoms with E-state index >= 15 is 0 Å². The molecule has 5 heteroatoms. The van der Waals surface area contributed by atoms with Gasteiger partial charge in [-0.05, 0) is 69.4 Å². The van der Waals surface area contributed by atoms with Crippen molar-refractivity contribution in [2.45, 2.75) is 46.1 Å². The summed E-state index contributed by atoms with van der Waals surface area (Å²) in [7, 11) is 0. The van der Waals surface area contributed by atoms with Gasteiger partial charge >= 0.3 is 6.09 Å². The van der Waals surface area contributed by atoms with E-state index in [0.717, 1.165) is 17.3 Å². The zero-order chi connectivity index (χ0) is 19.6. The maximum Gasteiger partial charge on any atom is 0.412 e. The standard InChI is InChI=1S/C22H28N2O3/c1-5-24(14-15-10-11-15)20(25)18-12-16-8-6-7-9-17(16)13-19(18)23-21(26)27-22(2,3)4/h6-9,12-13,15H,5,10-11,14H2,1-4H3,(H,23,26). The van der Waals surface area contributed by atoms with Crippen LogP contribution < -0.4 is 5.32 Å². The Morgan fingerprint density at radius 2 is 1.78 bits per heavy atom. The third kappa shape index (κ3) is 5.00. The molecule has 2 aromatic carbocycles. The molecule has 0 heterocycles. The predicted molar refractivity (Wildman–Crippen MR) is 108 cm³/mol. The Hall–Kier alpha value is -2.56. The molecule has 0 atom stereocenters. The Bertz CT molecular complexity index is 850. The molecule has 0 unspecified atom stereocenters. The van der Waals surface area contributed by atoms with Crippen LogP contribution in [0.15, 0.2) is 36.4 Å². The van der Waals surface area contributed by atoms with E-state index < -0.39 is 11.7 Å². The van der Waals surface area contributed by atoms with Gasteiger partial charge in [-0.25, -0.2) is 4.79 Å². The van der Waals surface area contributed by atoms with Crippen molar-refractivity contribution in [3.05, 3.63) is 42.0 Å². The lowest BCUT2D eigenvalue weighted by atomic mass is 10.0. The van der Waals surface area contributed by atoms with E-state index in [1.165, 1.54) is 12.8 Å². The number of carbonyl (C=O) groups excluding carboxylic acids is 2. The molecular weight excluding hydrogens is 340 g/mol. The molecular formula is C22H28N2O3. The van der Waals surface area contributed by atoms with Crippen LogP contribution in [0.1, 0.15) is 50.9 Å². The maximum absolute atomic E-state index is 13.2. The molecule has 1 saturated carbocycles. The Balaban J connectivity index is 1.95. The van der Waals surface area contributed by atoms with Gasteiger partial charge in [0.15, 0.2) is 0 Å². The second kappa shape index (κ2) is 7.59. The molecule has 2 aromatic rings. The molecule has 0 spiro atoms. The van der Waals surface area contributed by atoms with Gasteiger partial charge in [-0.15, -0.1) is 0 Å². The summed E-state index contributed by atoms with van der Waals surface area (Å²) in [5, 5.41) is 4.71. The first-order valence-corrected chi connectivity index (χ1v) is 9.59. The van der Waals surface area contributed by atoms with Gasteiger partial charge in [0.25, 0.3) is 5.91 Å². The molecule has 0 aromatic heterocycles. The molecule has 3 rings (SSSR count). The number of anilines is 1. The summed E-state index contributed by atoms with van der Waals surface area (Å²) in [6, 6.07) is 11.5. The second-order valence-electron chi connectivity index (χ2n) is 8.16. The fourth-order valence-electron chi connectivity index (χ4n) is 3.07. The highest BCUT2D eigenvalue weighted by atomic mass is 16.6. The number of fused-ring (bicyclic) bond motifs is 1. The number of ether oxygens (including phenoxy) is 1. The molecule has 0 bridgehead atoms. The summed E-state index contributed by atoms with van der Waals surface area (Å²) >= 11 is 0. The summed E-state index contributed by atoms with van der Waals surface area (Å²) in [4.78, 5) is 27.4. The van der Waals surface area contributed by atoms with Crippen molar-refractivity contribution in [3.8, 4) is 0 Å². The molecule has 5 nitrogen and oxygen atoms in total. The van der Waals surface area contributed by atoms with Gasteiger partial charge in [-0.1, -0.05) is 24.3 Å². The average Bonchev–Trinajstić information content (AvgIpc) is 3.41. The van der Waals surface area contributed by atoms with Crippen molar-refractivity contribution >= 4 is 28.5 Å². The van der Waals surface area contributed by atoms with E-state index in [4.69, 9.17) is 4.74 Å². The average molecular weight is 368 g/mol. The van der Waals surface area contributed by atoms with Gasteiger partial charge in [0, 0.05) is 13.1 Å². The molecule has 144 valence electrons. The number of nitrogens with zero attached hydrogens (tertiary/aromatic N) is 1. The highest BCUT2D eigenvalue weighted by Crippen LogP contribution is 2.31. The molecule has 1 fully saturated rings. The lowest BCUT2D eigenvalue weighted by molar-refractivity contribution is 0.0636. The number of carbonyl (C=O) groups is 2. The van der Waals surface area contributed by atoms with Gasteiger partial charge in [0.2, 0.25) is 0 Å². The minimum atomic E-state index is -0.605. The van der Waals surface area contributed by atoms with Crippen LogP contribution >= 0.6 is 0 Å². The summed E-state index contributed by atoms with van der Waals surface area (Å²) in [5.74, 6) is 0.554. The van der Waals surface area contributed by atoms with Gasteiger partial charge < -0.3 is 9.64 Å². The van der Waals surface area contributed by atoms with E-state index in [2.05, 4.69) is 5.32 Å². The Morgan fingerprint density at radius 3 is 2.33 bits per heavy atom. The lowest BCUT2D eigenvalue weighted by Gasteiger charge is -2.24. The Labute approximate surface area is 160 Å². The summed E-state index contributed by atoms with van der Waals surface area (Å²) in [6.07, 6.45) is 1.81. The van der Waals surface area contributed by atoms with Crippen LogP contribution in [-0.2, 0) is 4.74 Å². The van der Waals surface area contributed by atoms with Crippen molar-refractivity contribution < 1.29 is 14.3 Å². The van der Waals surface area contributed by atoms with Gasteiger partial charge in [-0.2, -0.15) is 0 Å². The highest BCUT2D eigenvalue weighted by molar-refractivity contribution is 6.07. The summed E-state index contributed by atoms with van der Waals surface area (Å²) < 4.78 is 5.37. The second-order valence-corrected chi connectivity index (χ2v) is 8.16. The smallest absolute Gasteiger partial charge is 0.412 e. The van der Waals surface area contributed by atoms with Crippen LogP contribution in [0.4, 0.5) is 10.5 Å². The molecule has 27 heavy (non-hydrogen) atoms. The Kier molecular flexibility index (Phi) is 5.40. The first-order chi connectivity index (χ1) is 12.8. The molecule has 0 saturated heterocycles. The number of amides is 2. The van der Waals surface area contributed by atoms with Gasteiger partial charge in [0.1, 0.15) is 5.60 Å². The van der Waals surface area contributed by atoms with E-state index in [0.29, 0.717) is 23.7 Å². The monoisotopic (exact) mass is 368 g/mol. The number of hydrogen-bond acceptors (Lipinski definition) is 3. The molecule has 1 aliphatic rings. The summed E-state index contributed by atoms with van der Waals surface area (Å²) in [5.41, 5.74) is 0.385. The zero-order valence-electron chi connectivity index (χ0n) is 16.5. The minimum Gasteiger partial charge on any atom is -0.444 e. The van der Waals surface area contributed by atoms with E-state index in [1.807, 2.05) is 69.0 Å². The van der Waals surface area contributed by atoms with Crippen molar-refractivity contribution in [1.29, 1.82) is 0 Å². The van der Waals surface area contributed by atoms with Crippen LogP contribution in [0, 0.1) is 5.92 Å². The maximum atomic E-state index is 13.2. The molecule has 1 aliphatic carbocycles. The zero-order valence-corrected chi connectivity index (χ0v) is 16.5. The number of hydrogen-bond donors (Lipinski definition) is 1. The van der Waals surface area contributed by atoms with Crippen LogP contribution in [0.3, 0.4) is 0 Å². The molecule has 0 aliphatic heterocycles. The first-order valence-electron chi connectivity index (χ1n) is 9.59. The fraction of sp³-hybridized carbons (Fsp3) is 0.455. The van der Waals surface area contributed by atoms with E-state index in [1.54, 1.807) is 0 Å². The summed E-state index contributed by atoms with van der Waals surface area (Å²) in [6.45, 7) is 8.85. The van der Waals surface area contributed by atoms with E-state index in [-0.39, 0.29) is 5.91 Å². The minimum absolute atomic E-state index is 0.0544. The van der Waals surface area contributed by atoms with Crippen molar-refractivity contribution in [2.24, 2.45) is 5.92 Å². The quantitative estimate of drug-likeness (QED) is 0.802. The van der Waals surface area contributed by atoms with Crippen LogP contribution in [0.25, 0.3) is 10.8 Å². The van der Waals surface area contributed by atoms with Crippen LogP contribution in [0.2, 0.25) is 0 Å². The third-order valence-electron chi connectivity index (χ3n) is 4.60. The number of nitrogens with one attached hydrogen (secondary N) is 1. The molecule has 1 N–H and O–H groups in total. The first kappa shape index (κ1) is 19.2. The third-order valence-corrected chi connectivity index (χ3v) is 4.60. The molecule has 2 amide bonds. The lowest BCUT2D eigenvalue weighted by Crippen LogP contribution is -2.34. The number of benzene rings is 2. The predicted octanol–water partition coefficient (Wildman–Crippen LogP) is 5.06. The van der Waals surface area contributed by atoms with Crippen LogP contribution in [-0.4, -0.2) is 35.6 Å². The number of rotatable bonds is 5. The van der Waals surface area contributed by atoms with Crippen LogP contribution in [0.5, 0.6) is 0 Å². The SMILES string of the molecule is CCN(CC1CC1)C(=O)c1cc2ccccc2cc1NC(=O)OC(C)(C)C. The van der Waals surface area contributed by atoms with Crippen molar-refractivity contribution in [1.82, 2.24) is 4.90 Å².